The van der Waals surface area contributed by atoms with E-state index in [1.807, 2.05) is 6.92 Å². The molecule has 0 saturated carbocycles. The monoisotopic (exact) mass is 216 g/mol. The molecule has 1 aromatic heterocycles. The van der Waals surface area contributed by atoms with Gasteiger partial charge in [0.05, 0.1) is 10.7 Å². The maximum Gasteiger partial charge on any atom is 0.258 e. The first-order valence-electron chi connectivity index (χ1n) is 4.31. The average molecular weight is 217 g/mol. The largest absolute Gasteiger partial charge is 0.292 e. The molecular weight excluding hydrogens is 204 g/mol. The maximum absolute atomic E-state index is 11.3. The molecule has 0 aromatic carbocycles. The Bertz CT molecular complexity index is 317. The van der Waals surface area contributed by atoms with Crippen molar-refractivity contribution < 1.29 is 4.79 Å². The van der Waals surface area contributed by atoms with Gasteiger partial charge in [-0.1, -0.05) is 18.5 Å². The van der Waals surface area contributed by atoms with Gasteiger partial charge < -0.3 is 0 Å². The molecule has 0 aliphatic heterocycles. The van der Waals surface area contributed by atoms with Gasteiger partial charge in [-0.05, 0) is 13.3 Å². The summed E-state index contributed by atoms with van der Waals surface area (Å²) in [5.41, 5.74) is 2.80. The van der Waals surface area contributed by atoms with E-state index in [2.05, 4.69) is 10.5 Å². The van der Waals surface area contributed by atoms with Crippen LogP contribution in [0.1, 0.15) is 25.1 Å². The van der Waals surface area contributed by atoms with Crippen molar-refractivity contribution in [3.05, 3.63) is 16.9 Å². The van der Waals surface area contributed by atoms with Crippen LogP contribution in [0, 0.1) is 6.92 Å². The van der Waals surface area contributed by atoms with Gasteiger partial charge in [0.15, 0.2) is 0 Å². The Labute approximate surface area is 87.2 Å². The van der Waals surface area contributed by atoms with E-state index in [4.69, 9.17) is 17.4 Å². The fourth-order valence-corrected chi connectivity index (χ4v) is 1.35. The quantitative estimate of drug-likeness (QED) is 0.446. The summed E-state index contributed by atoms with van der Waals surface area (Å²) in [4.78, 5) is 11.3. The molecule has 1 atom stereocenters. The number of nitrogens with two attached hydrogens (primary N) is 1. The summed E-state index contributed by atoms with van der Waals surface area (Å²) in [5, 5.41) is 4.67. The number of halogens is 1. The highest BCUT2D eigenvalue weighted by Gasteiger charge is 2.18. The predicted octanol–water partition coefficient (Wildman–Crippen LogP) is 0.786. The summed E-state index contributed by atoms with van der Waals surface area (Å²) in [6, 6.07) is -0.397. The maximum atomic E-state index is 11.3. The van der Waals surface area contributed by atoms with Crippen LogP contribution in [0.15, 0.2) is 6.20 Å². The van der Waals surface area contributed by atoms with Gasteiger partial charge in [-0.25, -0.2) is 5.84 Å². The standard InChI is InChI=1S/C8H13ClN4O/c1-3-7(8(14)11-10)13-4-6(9)5(2)12-13/h4,7H,3,10H2,1-2H3,(H,11,14). The molecule has 0 spiro atoms. The SMILES string of the molecule is CCC(C(=O)NN)n1cc(Cl)c(C)n1. The average Bonchev–Trinajstić information content (AvgIpc) is 2.48. The van der Waals surface area contributed by atoms with Gasteiger partial charge in [-0.15, -0.1) is 0 Å². The van der Waals surface area contributed by atoms with Crippen LogP contribution < -0.4 is 11.3 Å². The highest BCUT2D eigenvalue weighted by Crippen LogP contribution is 2.17. The highest BCUT2D eigenvalue weighted by molar-refractivity contribution is 6.31. The van der Waals surface area contributed by atoms with E-state index in [0.29, 0.717) is 17.1 Å². The van der Waals surface area contributed by atoms with Crippen molar-refractivity contribution in [2.75, 3.05) is 0 Å². The lowest BCUT2D eigenvalue weighted by Crippen LogP contribution is -2.37. The Morgan fingerprint density at radius 2 is 2.50 bits per heavy atom. The van der Waals surface area contributed by atoms with E-state index >= 15 is 0 Å². The van der Waals surface area contributed by atoms with Crippen LogP contribution in [0.3, 0.4) is 0 Å². The number of hydrogen-bond donors (Lipinski definition) is 2. The van der Waals surface area contributed by atoms with Gasteiger partial charge in [0.25, 0.3) is 5.91 Å². The number of carbonyl (C=O) groups is 1. The Balaban J connectivity index is 2.95. The normalized spacial score (nSPS) is 12.6. The second kappa shape index (κ2) is 4.43. The zero-order valence-corrected chi connectivity index (χ0v) is 8.88. The summed E-state index contributed by atoms with van der Waals surface area (Å²) in [7, 11) is 0. The number of nitrogens with zero attached hydrogens (tertiary/aromatic N) is 2. The molecule has 1 aromatic rings. The van der Waals surface area contributed by atoms with Crippen molar-refractivity contribution in [2.24, 2.45) is 5.84 Å². The molecule has 1 amide bonds. The summed E-state index contributed by atoms with van der Waals surface area (Å²) in [6.07, 6.45) is 2.24. The zero-order chi connectivity index (χ0) is 10.7. The molecule has 0 saturated heterocycles. The summed E-state index contributed by atoms with van der Waals surface area (Å²) in [5.74, 6) is 4.79. The van der Waals surface area contributed by atoms with Crippen LogP contribution in [0.4, 0.5) is 0 Å². The second-order valence-electron chi connectivity index (χ2n) is 2.98. The predicted molar refractivity (Wildman–Crippen MR) is 53.6 cm³/mol. The van der Waals surface area contributed by atoms with Crippen LogP contribution >= 0.6 is 11.6 Å². The minimum atomic E-state index is -0.397. The molecule has 1 unspecified atom stereocenters. The van der Waals surface area contributed by atoms with Crippen LogP contribution in [-0.2, 0) is 4.79 Å². The molecule has 5 nitrogen and oxygen atoms in total. The summed E-state index contributed by atoms with van der Waals surface area (Å²) < 4.78 is 1.53. The van der Waals surface area contributed by atoms with E-state index < -0.39 is 6.04 Å². The van der Waals surface area contributed by atoms with Gasteiger partial charge in [0.2, 0.25) is 0 Å². The first-order chi connectivity index (χ1) is 6.60. The molecule has 0 bridgehead atoms. The van der Waals surface area contributed by atoms with Crippen LogP contribution in [0.5, 0.6) is 0 Å². The third-order valence-electron chi connectivity index (χ3n) is 2.01. The van der Waals surface area contributed by atoms with Crippen molar-refractivity contribution >= 4 is 17.5 Å². The number of amides is 1. The number of carbonyl (C=O) groups excluding carboxylic acids is 1. The molecule has 6 heteroatoms. The van der Waals surface area contributed by atoms with E-state index in [9.17, 15) is 4.79 Å². The lowest BCUT2D eigenvalue weighted by molar-refractivity contribution is -0.124. The number of hydrazine groups is 1. The van der Waals surface area contributed by atoms with E-state index in [1.165, 1.54) is 4.68 Å². The lowest BCUT2D eigenvalue weighted by Gasteiger charge is -2.12. The van der Waals surface area contributed by atoms with Crippen molar-refractivity contribution in [1.82, 2.24) is 15.2 Å². The number of rotatable bonds is 3. The Kier molecular flexibility index (Phi) is 3.49. The Morgan fingerprint density at radius 1 is 1.86 bits per heavy atom. The van der Waals surface area contributed by atoms with E-state index in [1.54, 1.807) is 13.1 Å². The van der Waals surface area contributed by atoms with E-state index in [-0.39, 0.29) is 5.91 Å². The van der Waals surface area contributed by atoms with Gasteiger partial charge in [0, 0.05) is 6.20 Å². The number of nitrogens with one attached hydrogen (secondary N) is 1. The first-order valence-corrected chi connectivity index (χ1v) is 4.69. The van der Waals surface area contributed by atoms with Gasteiger partial charge in [-0.2, -0.15) is 5.10 Å². The van der Waals surface area contributed by atoms with Crippen molar-refractivity contribution in [1.29, 1.82) is 0 Å². The fraction of sp³-hybridized carbons (Fsp3) is 0.500. The number of aromatic nitrogens is 2. The second-order valence-corrected chi connectivity index (χ2v) is 3.38. The molecule has 1 rings (SSSR count). The molecule has 0 aliphatic rings. The molecule has 78 valence electrons. The zero-order valence-electron chi connectivity index (χ0n) is 8.12. The van der Waals surface area contributed by atoms with Crippen LogP contribution in [0.2, 0.25) is 5.02 Å². The number of hydrogen-bond acceptors (Lipinski definition) is 3. The lowest BCUT2D eigenvalue weighted by atomic mass is 10.2. The minimum absolute atomic E-state index is 0.272. The Hall–Kier alpha value is -1.07. The van der Waals surface area contributed by atoms with Gasteiger partial charge >= 0.3 is 0 Å². The number of aryl methyl sites for hydroxylation is 1. The molecule has 0 fully saturated rings. The smallest absolute Gasteiger partial charge is 0.258 e. The van der Waals surface area contributed by atoms with Gasteiger partial charge in [0.1, 0.15) is 6.04 Å². The molecule has 3 N–H and O–H groups in total. The molecular formula is C8H13ClN4O. The first kappa shape index (κ1) is 11.0. The topological polar surface area (TPSA) is 72.9 Å². The summed E-state index contributed by atoms with van der Waals surface area (Å²) >= 11 is 5.83. The third kappa shape index (κ3) is 2.05. The third-order valence-corrected chi connectivity index (χ3v) is 2.38. The molecule has 0 aliphatic carbocycles. The minimum Gasteiger partial charge on any atom is -0.292 e. The Morgan fingerprint density at radius 3 is 2.86 bits per heavy atom. The fourth-order valence-electron chi connectivity index (χ4n) is 1.21. The molecule has 1 heterocycles. The van der Waals surface area contributed by atoms with Crippen LogP contribution in [-0.4, -0.2) is 15.7 Å². The summed E-state index contributed by atoms with van der Waals surface area (Å²) in [6.45, 7) is 3.66. The van der Waals surface area contributed by atoms with Crippen molar-refractivity contribution in [3.8, 4) is 0 Å². The molecule has 14 heavy (non-hydrogen) atoms. The highest BCUT2D eigenvalue weighted by atomic mass is 35.5. The molecule has 0 radical (unpaired) electrons. The van der Waals surface area contributed by atoms with Gasteiger partial charge in [-0.3, -0.25) is 14.9 Å². The van der Waals surface area contributed by atoms with Crippen molar-refractivity contribution in [2.45, 2.75) is 26.3 Å². The van der Waals surface area contributed by atoms with E-state index in [0.717, 1.165) is 0 Å². The van der Waals surface area contributed by atoms with Crippen molar-refractivity contribution in [3.63, 3.8) is 0 Å². The van der Waals surface area contributed by atoms with Crippen LogP contribution in [0.25, 0.3) is 0 Å².